The molecule has 3 amide bonds. The Hall–Kier alpha value is -1.83. The molecule has 0 aromatic heterocycles. The van der Waals surface area contributed by atoms with Crippen molar-refractivity contribution < 1.29 is 24.6 Å². The summed E-state index contributed by atoms with van der Waals surface area (Å²) in [5.74, 6) is -1.23. The first-order valence-corrected chi connectivity index (χ1v) is 6.57. The Balaban J connectivity index is 2.69. The molecule has 0 radical (unpaired) electrons. The highest BCUT2D eigenvalue weighted by atomic mass is 16.4. The average molecular weight is 287 g/mol. The van der Waals surface area contributed by atoms with Crippen LogP contribution in [0.25, 0.3) is 0 Å². The second kappa shape index (κ2) is 7.09. The van der Waals surface area contributed by atoms with Gasteiger partial charge in [-0.25, -0.2) is 4.79 Å². The first kappa shape index (κ1) is 16.2. The molecular formula is C12H21N3O5. The number of aliphatic hydroxyl groups excluding tert-OH is 1. The Bertz CT molecular complexity index is 385. The van der Waals surface area contributed by atoms with Gasteiger partial charge in [-0.3, -0.25) is 9.59 Å². The van der Waals surface area contributed by atoms with Gasteiger partial charge in [-0.15, -0.1) is 0 Å². The molecular weight excluding hydrogens is 266 g/mol. The molecule has 1 aliphatic heterocycles. The summed E-state index contributed by atoms with van der Waals surface area (Å²) in [6, 6.07) is -1.18. The Morgan fingerprint density at radius 3 is 2.50 bits per heavy atom. The van der Waals surface area contributed by atoms with E-state index in [2.05, 4.69) is 16.0 Å². The van der Waals surface area contributed by atoms with Gasteiger partial charge in [0.15, 0.2) is 6.10 Å². The summed E-state index contributed by atoms with van der Waals surface area (Å²) >= 11 is 0. The summed E-state index contributed by atoms with van der Waals surface area (Å²) in [7, 11) is 0. The summed E-state index contributed by atoms with van der Waals surface area (Å²) in [6.45, 7) is 3.99. The largest absolute Gasteiger partial charge is 0.465 e. The van der Waals surface area contributed by atoms with E-state index in [1.807, 2.05) is 0 Å². The number of amides is 3. The van der Waals surface area contributed by atoms with E-state index in [9.17, 15) is 19.5 Å². The van der Waals surface area contributed by atoms with Crippen LogP contribution in [0, 0.1) is 5.92 Å². The number of nitrogens with one attached hydrogen (secondary N) is 3. The zero-order chi connectivity index (χ0) is 15.3. The number of hydrogen-bond donors (Lipinski definition) is 5. The van der Waals surface area contributed by atoms with E-state index in [4.69, 9.17) is 5.11 Å². The highest BCUT2D eigenvalue weighted by Gasteiger charge is 2.34. The van der Waals surface area contributed by atoms with Crippen molar-refractivity contribution in [1.29, 1.82) is 0 Å². The molecule has 1 saturated heterocycles. The molecule has 1 heterocycles. The number of carboxylic acid groups (broad SMARTS) is 1. The van der Waals surface area contributed by atoms with Crippen LogP contribution in [-0.4, -0.2) is 52.9 Å². The monoisotopic (exact) mass is 287 g/mol. The van der Waals surface area contributed by atoms with Crippen molar-refractivity contribution in [3.8, 4) is 0 Å². The Morgan fingerprint density at radius 2 is 2.05 bits per heavy atom. The van der Waals surface area contributed by atoms with Crippen molar-refractivity contribution in [3.63, 3.8) is 0 Å². The number of rotatable bonds is 6. The van der Waals surface area contributed by atoms with Gasteiger partial charge in [0.1, 0.15) is 0 Å². The molecule has 8 heteroatoms. The summed E-state index contributed by atoms with van der Waals surface area (Å²) in [6.07, 6.45) is -2.22. The van der Waals surface area contributed by atoms with Crippen LogP contribution < -0.4 is 16.0 Å². The van der Waals surface area contributed by atoms with Crippen molar-refractivity contribution in [2.45, 2.75) is 44.9 Å². The molecule has 1 aliphatic rings. The van der Waals surface area contributed by atoms with Crippen LogP contribution in [0.3, 0.4) is 0 Å². The zero-order valence-electron chi connectivity index (χ0n) is 11.5. The van der Waals surface area contributed by atoms with Crippen LogP contribution in [0.1, 0.15) is 26.7 Å². The van der Waals surface area contributed by atoms with E-state index in [1.165, 1.54) is 0 Å². The third-order valence-electron chi connectivity index (χ3n) is 3.09. The summed E-state index contributed by atoms with van der Waals surface area (Å²) in [4.78, 5) is 34.0. The number of carbonyl (C=O) groups is 3. The van der Waals surface area contributed by atoms with Crippen LogP contribution in [0.15, 0.2) is 0 Å². The van der Waals surface area contributed by atoms with Gasteiger partial charge in [0.2, 0.25) is 5.91 Å². The topological polar surface area (TPSA) is 128 Å². The van der Waals surface area contributed by atoms with Gasteiger partial charge in [0, 0.05) is 18.5 Å². The number of hydrogen-bond acceptors (Lipinski definition) is 4. The fourth-order valence-electron chi connectivity index (χ4n) is 2.15. The Morgan fingerprint density at radius 1 is 1.40 bits per heavy atom. The van der Waals surface area contributed by atoms with Crippen molar-refractivity contribution in [1.82, 2.24) is 16.0 Å². The number of aliphatic hydroxyl groups is 1. The first-order valence-electron chi connectivity index (χ1n) is 6.57. The maximum atomic E-state index is 11.7. The highest BCUT2D eigenvalue weighted by molar-refractivity contribution is 5.83. The number of carbonyl (C=O) groups excluding carboxylic acids is 2. The summed E-state index contributed by atoms with van der Waals surface area (Å²) in [5, 5.41) is 26.0. The maximum Gasteiger partial charge on any atom is 0.404 e. The van der Waals surface area contributed by atoms with E-state index in [0.29, 0.717) is 13.0 Å². The standard InChI is InChI=1S/C12H21N3O5/c1-6(2)14-11(18)9(16)8(15-12(19)20)5-7-3-4-13-10(7)17/h6-9,15-16H,3-5H2,1-2H3,(H,13,17)(H,14,18)(H,19,20)/t7-,8-,9?/m0/s1. The van der Waals surface area contributed by atoms with E-state index in [1.54, 1.807) is 13.8 Å². The Labute approximate surface area is 116 Å². The molecule has 1 fully saturated rings. The predicted octanol–water partition coefficient (Wildman–Crippen LogP) is -0.966. The molecule has 3 atom stereocenters. The minimum absolute atomic E-state index is 0.0881. The lowest BCUT2D eigenvalue weighted by Crippen LogP contribution is -2.52. The Kier molecular flexibility index (Phi) is 5.75. The third kappa shape index (κ3) is 4.69. The normalized spacial score (nSPS) is 21.2. The van der Waals surface area contributed by atoms with Crippen molar-refractivity contribution in [3.05, 3.63) is 0 Å². The average Bonchev–Trinajstić information content (AvgIpc) is 2.71. The molecule has 1 unspecified atom stereocenters. The van der Waals surface area contributed by atoms with Crippen molar-refractivity contribution in [2.24, 2.45) is 5.92 Å². The van der Waals surface area contributed by atoms with Gasteiger partial charge < -0.3 is 26.2 Å². The van der Waals surface area contributed by atoms with Crippen LogP contribution >= 0.6 is 0 Å². The molecule has 0 aromatic carbocycles. The van der Waals surface area contributed by atoms with Gasteiger partial charge in [0.05, 0.1) is 6.04 Å². The lowest BCUT2D eigenvalue weighted by Gasteiger charge is -2.24. The minimum atomic E-state index is -1.53. The van der Waals surface area contributed by atoms with Gasteiger partial charge in [-0.05, 0) is 26.7 Å². The lowest BCUT2D eigenvalue weighted by atomic mass is 9.94. The van der Waals surface area contributed by atoms with Gasteiger partial charge in [-0.2, -0.15) is 0 Å². The fourth-order valence-corrected chi connectivity index (χ4v) is 2.15. The molecule has 114 valence electrons. The van der Waals surface area contributed by atoms with Gasteiger partial charge in [-0.1, -0.05) is 0 Å². The molecule has 5 N–H and O–H groups in total. The smallest absolute Gasteiger partial charge is 0.404 e. The molecule has 0 bridgehead atoms. The molecule has 0 saturated carbocycles. The van der Waals surface area contributed by atoms with Crippen LogP contribution in [0.2, 0.25) is 0 Å². The molecule has 0 spiro atoms. The predicted molar refractivity (Wildman–Crippen MR) is 70.0 cm³/mol. The molecule has 8 nitrogen and oxygen atoms in total. The second-order valence-electron chi connectivity index (χ2n) is 5.18. The van der Waals surface area contributed by atoms with Crippen LogP contribution in [-0.2, 0) is 9.59 Å². The molecule has 1 rings (SSSR count). The quantitative estimate of drug-likeness (QED) is 0.429. The SMILES string of the molecule is CC(C)NC(=O)C(O)[C@H](C[C@@H]1CCNC1=O)NC(=O)O. The van der Waals surface area contributed by atoms with Crippen LogP contribution in [0.5, 0.6) is 0 Å². The summed E-state index contributed by atoms with van der Waals surface area (Å²) in [5.41, 5.74) is 0. The minimum Gasteiger partial charge on any atom is -0.465 e. The van der Waals surface area contributed by atoms with E-state index in [-0.39, 0.29) is 18.4 Å². The van der Waals surface area contributed by atoms with Gasteiger partial charge >= 0.3 is 6.09 Å². The zero-order valence-corrected chi connectivity index (χ0v) is 11.5. The van der Waals surface area contributed by atoms with E-state index in [0.717, 1.165) is 0 Å². The second-order valence-corrected chi connectivity index (χ2v) is 5.18. The lowest BCUT2D eigenvalue weighted by molar-refractivity contribution is -0.132. The van der Waals surface area contributed by atoms with Crippen molar-refractivity contribution >= 4 is 17.9 Å². The van der Waals surface area contributed by atoms with Crippen molar-refractivity contribution in [2.75, 3.05) is 6.54 Å². The van der Waals surface area contributed by atoms with Gasteiger partial charge in [0.25, 0.3) is 5.91 Å². The first-order chi connectivity index (χ1) is 9.31. The van der Waals surface area contributed by atoms with E-state index >= 15 is 0 Å². The van der Waals surface area contributed by atoms with Crippen LogP contribution in [0.4, 0.5) is 4.79 Å². The molecule has 0 aromatic rings. The summed E-state index contributed by atoms with van der Waals surface area (Å²) < 4.78 is 0. The molecule has 20 heavy (non-hydrogen) atoms. The van der Waals surface area contributed by atoms with E-state index < -0.39 is 30.1 Å². The maximum absolute atomic E-state index is 11.7. The highest BCUT2D eigenvalue weighted by Crippen LogP contribution is 2.18. The fraction of sp³-hybridized carbons (Fsp3) is 0.750. The molecule has 0 aliphatic carbocycles. The third-order valence-corrected chi connectivity index (χ3v) is 3.09.